The first-order valence-corrected chi connectivity index (χ1v) is 10.9. The Bertz CT molecular complexity index is 1050. The van der Waals surface area contributed by atoms with Crippen LogP contribution in [0.15, 0.2) is 89.4 Å². The third-order valence-corrected chi connectivity index (χ3v) is 5.24. The predicted molar refractivity (Wildman–Crippen MR) is 128 cm³/mol. The standard InChI is InChI=1S/C26H24BrNO4/c1-31-26(30)24(28-25(29)16-11-19-7-12-22(27)13-8-19)17-20-9-14-23(15-10-20)32-18-21-5-3-2-4-6-21/h2-16,24H,17-18H2,1H3,(H,28,29)/b16-11+. The van der Waals surface area contributed by atoms with Crippen LogP contribution in [0.4, 0.5) is 0 Å². The number of benzene rings is 3. The van der Waals surface area contributed by atoms with Crippen LogP contribution in [0.2, 0.25) is 0 Å². The number of ether oxygens (including phenoxy) is 2. The van der Waals surface area contributed by atoms with Crippen LogP contribution in [0.25, 0.3) is 6.08 Å². The van der Waals surface area contributed by atoms with E-state index >= 15 is 0 Å². The average molecular weight is 494 g/mol. The van der Waals surface area contributed by atoms with Crippen molar-refractivity contribution in [2.24, 2.45) is 0 Å². The van der Waals surface area contributed by atoms with Gasteiger partial charge in [-0.2, -0.15) is 0 Å². The molecule has 3 aromatic carbocycles. The molecule has 6 heteroatoms. The minimum absolute atomic E-state index is 0.309. The van der Waals surface area contributed by atoms with Gasteiger partial charge in [0, 0.05) is 17.0 Å². The molecular weight excluding hydrogens is 470 g/mol. The Hall–Kier alpha value is -3.38. The van der Waals surface area contributed by atoms with Crippen LogP contribution in [0.5, 0.6) is 5.75 Å². The Balaban J connectivity index is 1.58. The first kappa shape index (κ1) is 23.3. The van der Waals surface area contributed by atoms with Crippen molar-refractivity contribution in [3.8, 4) is 5.75 Å². The number of hydrogen-bond acceptors (Lipinski definition) is 4. The van der Waals surface area contributed by atoms with Crippen LogP contribution < -0.4 is 10.1 Å². The minimum atomic E-state index is -0.793. The second-order valence-electron chi connectivity index (χ2n) is 7.09. The van der Waals surface area contributed by atoms with Gasteiger partial charge in [-0.1, -0.05) is 70.5 Å². The van der Waals surface area contributed by atoms with E-state index in [0.717, 1.165) is 26.9 Å². The van der Waals surface area contributed by atoms with Gasteiger partial charge < -0.3 is 14.8 Å². The van der Waals surface area contributed by atoms with E-state index in [9.17, 15) is 9.59 Å². The quantitative estimate of drug-likeness (QED) is 0.338. The van der Waals surface area contributed by atoms with Crippen LogP contribution in [0, 0.1) is 0 Å². The number of hydrogen-bond donors (Lipinski definition) is 1. The Morgan fingerprint density at radius 3 is 2.28 bits per heavy atom. The zero-order chi connectivity index (χ0) is 22.8. The van der Waals surface area contributed by atoms with E-state index in [4.69, 9.17) is 9.47 Å². The van der Waals surface area contributed by atoms with Crippen molar-refractivity contribution in [3.05, 3.63) is 106 Å². The molecule has 0 aliphatic carbocycles. The maximum Gasteiger partial charge on any atom is 0.328 e. The van der Waals surface area contributed by atoms with Gasteiger partial charge in [-0.25, -0.2) is 4.79 Å². The van der Waals surface area contributed by atoms with Crippen molar-refractivity contribution in [3.63, 3.8) is 0 Å². The van der Waals surface area contributed by atoms with E-state index in [1.807, 2.05) is 78.9 Å². The van der Waals surface area contributed by atoms with Crippen molar-refractivity contribution in [2.45, 2.75) is 19.1 Å². The molecule has 3 aromatic rings. The third kappa shape index (κ3) is 7.39. The highest BCUT2D eigenvalue weighted by molar-refractivity contribution is 9.10. The lowest BCUT2D eigenvalue weighted by Crippen LogP contribution is -2.42. The predicted octanol–water partition coefficient (Wildman–Crippen LogP) is 4.94. The summed E-state index contributed by atoms with van der Waals surface area (Å²) in [6, 6.07) is 24.1. The van der Waals surface area contributed by atoms with E-state index in [-0.39, 0.29) is 5.91 Å². The van der Waals surface area contributed by atoms with Gasteiger partial charge in [-0.3, -0.25) is 4.79 Å². The van der Waals surface area contributed by atoms with Crippen molar-refractivity contribution < 1.29 is 19.1 Å². The van der Waals surface area contributed by atoms with Crippen molar-refractivity contribution >= 4 is 33.9 Å². The van der Waals surface area contributed by atoms with Crippen molar-refractivity contribution in [1.82, 2.24) is 5.32 Å². The van der Waals surface area contributed by atoms with E-state index in [1.54, 1.807) is 6.08 Å². The van der Waals surface area contributed by atoms with Crippen LogP contribution in [-0.2, 0) is 27.4 Å². The summed E-state index contributed by atoms with van der Waals surface area (Å²) in [7, 11) is 1.31. The summed E-state index contributed by atoms with van der Waals surface area (Å²) in [4.78, 5) is 24.5. The summed E-state index contributed by atoms with van der Waals surface area (Å²) in [5, 5.41) is 2.72. The Morgan fingerprint density at radius 2 is 1.62 bits per heavy atom. The Labute approximate surface area is 196 Å². The second-order valence-corrected chi connectivity index (χ2v) is 8.01. The summed E-state index contributed by atoms with van der Waals surface area (Å²) < 4.78 is 11.6. The Kier molecular flexibility index (Phi) is 8.63. The minimum Gasteiger partial charge on any atom is -0.489 e. The van der Waals surface area contributed by atoms with Crippen LogP contribution >= 0.6 is 15.9 Å². The Morgan fingerprint density at radius 1 is 0.938 bits per heavy atom. The number of rotatable bonds is 9. The van der Waals surface area contributed by atoms with Gasteiger partial charge in [-0.15, -0.1) is 0 Å². The lowest BCUT2D eigenvalue weighted by Gasteiger charge is -2.16. The van der Waals surface area contributed by atoms with E-state index < -0.39 is 12.0 Å². The maximum atomic E-state index is 12.3. The average Bonchev–Trinajstić information content (AvgIpc) is 2.83. The number of esters is 1. The highest BCUT2D eigenvalue weighted by Gasteiger charge is 2.21. The SMILES string of the molecule is COC(=O)C(Cc1ccc(OCc2ccccc2)cc1)NC(=O)/C=C/c1ccc(Br)cc1. The lowest BCUT2D eigenvalue weighted by molar-refractivity contribution is -0.144. The van der Waals surface area contributed by atoms with Gasteiger partial charge in [0.15, 0.2) is 0 Å². The zero-order valence-corrected chi connectivity index (χ0v) is 19.2. The number of halogens is 1. The summed E-state index contributed by atoms with van der Waals surface area (Å²) >= 11 is 3.37. The molecule has 0 aliphatic heterocycles. The van der Waals surface area contributed by atoms with Gasteiger partial charge in [0.2, 0.25) is 5.91 Å². The van der Waals surface area contributed by atoms with Crippen molar-refractivity contribution in [1.29, 1.82) is 0 Å². The molecule has 0 radical (unpaired) electrons. The number of amides is 1. The molecule has 5 nitrogen and oxygen atoms in total. The highest BCUT2D eigenvalue weighted by atomic mass is 79.9. The molecule has 0 aliphatic rings. The van der Waals surface area contributed by atoms with E-state index in [0.29, 0.717) is 13.0 Å². The number of carbonyl (C=O) groups excluding carboxylic acids is 2. The molecule has 0 saturated carbocycles. The van der Waals surface area contributed by atoms with E-state index in [2.05, 4.69) is 21.2 Å². The van der Waals surface area contributed by atoms with Crippen LogP contribution in [0.3, 0.4) is 0 Å². The van der Waals surface area contributed by atoms with Crippen LogP contribution in [0.1, 0.15) is 16.7 Å². The topological polar surface area (TPSA) is 64.6 Å². The molecule has 0 aromatic heterocycles. The van der Waals surface area contributed by atoms with Crippen LogP contribution in [-0.4, -0.2) is 25.0 Å². The fourth-order valence-corrected chi connectivity index (χ4v) is 3.26. The van der Waals surface area contributed by atoms with Crippen molar-refractivity contribution in [2.75, 3.05) is 7.11 Å². The largest absolute Gasteiger partial charge is 0.489 e. The fraction of sp³-hybridized carbons (Fsp3) is 0.154. The van der Waals surface area contributed by atoms with Gasteiger partial charge in [0.05, 0.1) is 7.11 Å². The summed E-state index contributed by atoms with van der Waals surface area (Å²) in [6.07, 6.45) is 3.40. The highest BCUT2D eigenvalue weighted by Crippen LogP contribution is 2.16. The molecule has 3 rings (SSSR count). The normalized spacial score (nSPS) is 11.7. The second kappa shape index (κ2) is 11.9. The molecule has 0 saturated heterocycles. The third-order valence-electron chi connectivity index (χ3n) is 4.71. The molecule has 164 valence electrons. The number of carbonyl (C=O) groups is 2. The first-order valence-electron chi connectivity index (χ1n) is 10.1. The molecule has 1 N–H and O–H groups in total. The van der Waals surface area contributed by atoms with Gasteiger partial charge in [0.25, 0.3) is 0 Å². The molecule has 0 bridgehead atoms. The number of nitrogens with one attached hydrogen (secondary N) is 1. The molecule has 0 spiro atoms. The van der Waals surface area contributed by atoms with Gasteiger partial charge in [-0.05, 0) is 47.0 Å². The first-order chi connectivity index (χ1) is 15.5. The summed E-state index contributed by atoms with van der Waals surface area (Å²) in [5.41, 5.74) is 2.84. The summed E-state index contributed by atoms with van der Waals surface area (Å²) in [5.74, 6) is -0.139. The lowest BCUT2D eigenvalue weighted by atomic mass is 10.1. The smallest absolute Gasteiger partial charge is 0.328 e. The fourth-order valence-electron chi connectivity index (χ4n) is 3.00. The molecule has 1 amide bonds. The molecular formula is C26H24BrNO4. The molecule has 0 heterocycles. The monoisotopic (exact) mass is 493 g/mol. The number of methoxy groups -OCH3 is 1. The molecule has 1 atom stereocenters. The zero-order valence-electron chi connectivity index (χ0n) is 17.7. The van der Waals surface area contributed by atoms with Gasteiger partial charge >= 0.3 is 5.97 Å². The van der Waals surface area contributed by atoms with E-state index in [1.165, 1.54) is 13.2 Å². The molecule has 32 heavy (non-hydrogen) atoms. The van der Waals surface area contributed by atoms with Gasteiger partial charge in [0.1, 0.15) is 18.4 Å². The molecule has 1 unspecified atom stereocenters. The maximum absolute atomic E-state index is 12.3. The molecule has 0 fully saturated rings. The summed E-state index contributed by atoms with van der Waals surface area (Å²) in [6.45, 7) is 0.478.